The molecule has 0 spiro atoms. The molecule has 3 heteroatoms. The number of rotatable bonds is 5. The summed E-state index contributed by atoms with van der Waals surface area (Å²) in [6.45, 7) is 3.28. The summed E-state index contributed by atoms with van der Waals surface area (Å²) in [5.74, 6) is 0. The van der Waals surface area contributed by atoms with Crippen LogP contribution >= 0.6 is 0 Å². The highest BCUT2D eigenvalue weighted by molar-refractivity contribution is 5.28. The van der Waals surface area contributed by atoms with Crippen molar-refractivity contribution in [1.29, 1.82) is 0 Å². The van der Waals surface area contributed by atoms with Crippen LogP contribution in [0.25, 0.3) is 5.69 Å². The monoisotopic (exact) mass is 216 g/mol. The summed E-state index contributed by atoms with van der Waals surface area (Å²) in [6, 6.07) is 10.2. The molecule has 0 unspecified atom stereocenters. The van der Waals surface area contributed by atoms with Gasteiger partial charge in [-0.1, -0.05) is 42.6 Å². The lowest BCUT2D eigenvalue weighted by atomic mass is 10.2. The third kappa shape index (κ3) is 2.69. The summed E-state index contributed by atoms with van der Waals surface area (Å²) in [7, 11) is 0. The number of hydrogen-bond donors (Lipinski definition) is 0. The number of unbranched alkanes of at least 4 members (excludes halogenated alkanes) is 2. The van der Waals surface area contributed by atoms with E-state index in [9.17, 15) is 0 Å². The van der Waals surface area contributed by atoms with Crippen molar-refractivity contribution in [2.75, 3.05) is 0 Å². The normalized spacial score (nSPS) is 10.6. The highest BCUT2D eigenvalue weighted by Crippen LogP contribution is 2.02. The molecular weight excluding hydrogens is 198 g/mol. The Morgan fingerprint density at radius 2 is 2.00 bits per heavy atom. The van der Waals surface area contributed by atoms with Crippen molar-refractivity contribution in [2.24, 2.45) is 0 Å². The molecule has 1 aromatic heterocycles. The first kappa shape index (κ1) is 10.9. The third-order valence-electron chi connectivity index (χ3n) is 2.62. The van der Waals surface area contributed by atoms with Gasteiger partial charge >= 0.3 is 0 Å². The largest absolute Gasteiger partial charge is 0.265 e. The molecule has 2 aromatic rings. The molecule has 0 fully saturated rings. The molecule has 0 atom stereocenters. The van der Waals surface area contributed by atoms with Crippen LogP contribution in [0.4, 0.5) is 0 Å². The first-order chi connectivity index (χ1) is 7.90. The fourth-order valence-electron chi connectivity index (χ4n) is 1.70. The van der Waals surface area contributed by atoms with Crippen LogP contribution in [0.1, 0.15) is 26.2 Å². The van der Waals surface area contributed by atoms with Crippen LogP contribution < -0.4 is 4.57 Å². The van der Waals surface area contributed by atoms with Gasteiger partial charge in [0, 0.05) is 5.10 Å². The second-order valence-electron chi connectivity index (χ2n) is 3.97. The smallest absolute Gasteiger partial charge is 0.237 e. The number of aryl methyl sites for hydroxylation is 1. The SMILES string of the molecule is CCCCC[n+]1cnn(-c2ccccc2)c1. The highest BCUT2D eigenvalue weighted by Gasteiger charge is 2.06. The Morgan fingerprint density at radius 1 is 1.19 bits per heavy atom. The Bertz CT molecular complexity index is 420. The van der Waals surface area contributed by atoms with Gasteiger partial charge in [-0.15, -0.1) is 0 Å². The lowest BCUT2D eigenvalue weighted by Gasteiger charge is -1.94. The second kappa shape index (κ2) is 5.45. The fraction of sp³-hybridized carbons (Fsp3) is 0.385. The van der Waals surface area contributed by atoms with E-state index in [4.69, 9.17) is 0 Å². The standard InChI is InChI=1S/C13H18N3/c1-2-3-7-10-15-11-14-16(12-15)13-8-5-4-6-9-13/h4-6,8-9,11-12H,2-3,7,10H2,1H3/q+1. The average molecular weight is 216 g/mol. The van der Waals surface area contributed by atoms with E-state index in [0.29, 0.717) is 0 Å². The predicted molar refractivity (Wildman–Crippen MR) is 63.3 cm³/mol. The molecule has 3 nitrogen and oxygen atoms in total. The van der Waals surface area contributed by atoms with Gasteiger partial charge in [-0.25, -0.2) is 4.57 Å². The zero-order chi connectivity index (χ0) is 11.2. The molecule has 84 valence electrons. The zero-order valence-corrected chi connectivity index (χ0v) is 9.71. The number of aromatic nitrogens is 3. The maximum atomic E-state index is 4.34. The minimum Gasteiger partial charge on any atom is -0.237 e. The Balaban J connectivity index is 2.02. The predicted octanol–water partition coefficient (Wildman–Crippen LogP) is 2.35. The van der Waals surface area contributed by atoms with Crippen LogP contribution in [-0.4, -0.2) is 9.78 Å². The van der Waals surface area contributed by atoms with E-state index >= 15 is 0 Å². The third-order valence-corrected chi connectivity index (χ3v) is 2.62. The highest BCUT2D eigenvalue weighted by atomic mass is 15.3. The molecule has 16 heavy (non-hydrogen) atoms. The molecule has 0 saturated carbocycles. The molecule has 0 saturated heterocycles. The summed E-state index contributed by atoms with van der Waals surface area (Å²) in [5.41, 5.74) is 1.11. The van der Waals surface area contributed by atoms with E-state index < -0.39 is 0 Å². The number of benzene rings is 1. The summed E-state index contributed by atoms with van der Waals surface area (Å²) >= 11 is 0. The van der Waals surface area contributed by atoms with Gasteiger partial charge in [0.25, 0.3) is 6.33 Å². The van der Waals surface area contributed by atoms with Crippen LogP contribution in [0.2, 0.25) is 0 Å². The first-order valence-corrected chi connectivity index (χ1v) is 5.89. The van der Waals surface area contributed by atoms with Crippen molar-refractivity contribution < 1.29 is 4.57 Å². The van der Waals surface area contributed by atoms with Crippen molar-refractivity contribution in [3.05, 3.63) is 43.0 Å². The quantitative estimate of drug-likeness (QED) is 0.555. The van der Waals surface area contributed by atoms with Gasteiger partial charge in [0.15, 0.2) is 0 Å². The lowest BCUT2D eigenvalue weighted by Crippen LogP contribution is -2.30. The molecule has 1 aromatic carbocycles. The van der Waals surface area contributed by atoms with Gasteiger partial charge in [-0.2, -0.15) is 0 Å². The maximum absolute atomic E-state index is 4.34. The maximum Gasteiger partial charge on any atom is 0.265 e. The van der Waals surface area contributed by atoms with E-state index in [1.807, 2.05) is 35.5 Å². The fourth-order valence-corrected chi connectivity index (χ4v) is 1.70. The van der Waals surface area contributed by atoms with E-state index in [1.165, 1.54) is 19.3 Å². The summed E-state index contributed by atoms with van der Waals surface area (Å²) < 4.78 is 4.05. The Kier molecular flexibility index (Phi) is 3.70. The summed E-state index contributed by atoms with van der Waals surface area (Å²) in [6.07, 6.45) is 7.70. The zero-order valence-electron chi connectivity index (χ0n) is 9.71. The van der Waals surface area contributed by atoms with E-state index in [1.54, 1.807) is 0 Å². The first-order valence-electron chi connectivity index (χ1n) is 5.89. The van der Waals surface area contributed by atoms with Crippen LogP contribution in [0, 0.1) is 0 Å². The van der Waals surface area contributed by atoms with Gasteiger partial charge in [-0.05, 0) is 18.6 Å². The number of hydrogen-bond acceptors (Lipinski definition) is 1. The van der Waals surface area contributed by atoms with Gasteiger partial charge in [0.2, 0.25) is 6.33 Å². The van der Waals surface area contributed by atoms with Gasteiger partial charge < -0.3 is 0 Å². The van der Waals surface area contributed by atoms with E-state index in [-0.39, 0.29) is 0 Å². The van der Waals surface area contributed by atoms with Gasteiger partial charge in [0.05, 0.1) is 6.54 Å². The minimum atomic E-state index is 1.06. The summed E-state index contributed by atoms with van der Waals surface area (Å²) in [5, 5.41) is 4.34. The van der Waals surface area contributed by atoms with Crippen LogP contribution in [0.5, 0.6) is 0 Å². The molecule has 0 aliphatic heterocycles. The van der Waals surface area contributed by atoms with E-state index in [2.05, 4.69) is 28.7 Å². The van der Waals surface area contributed by atoms with Crippen LogP contribution in [0.3, 0.4) is 0 Å². The molecule has 0 aliphatic carbocycles. The topological polar surface area (TPSA) is 21.7 Å². The lowest BCUT2D eigenvalue weighted by molar-refractivity contribution is -0.697. The minimum absolute atomic E-state index is 1.06. The molecule has 0 amide bonds. The van der Waals surface area contributed by atoms with Gasteiger partial charge in [-0.3, -0.25) is 0 Å². The van der Waals surface area contributed by atoms with Gasteiger partial charge in [0.1, 0.15) is 5.69 Å². The van der Waals surface area contributed by atoms with Crippen molar-refractivity contribution in [1.82, 2.24) is 9.78 Å². The number of nitrogens with zero attached hydrogens (tertiary/aromatic N) is 3. The molecule has 1 heterocycles. The molecule has 0 N–H and O–H groups in total. The Morgan fingerprint density at radius 3 is 2.75 bits per heavy atom. The Labute approximate surface area is 96.4 Å². The number of para-hydroxylation sites is 1. The second-order valence-corrected chi connectivity index (χ2v) is 3.97. The molecule has 0 radical (unpaired) electrons. The average Bonchev–Trinajstić information content (AvgIpc) is 2.79. The molecular formula is C13H18N3+. The van der Waals surface area contributed by atoms with Crippen LogP contribution in [0.15, 0.2) is 43.0 Å². The van der Waals surface area contributed by atoms with Crippen molar-refractivity contribution >= 4 is 0 Å². The van der Waals surface area contributed by atoms with Crippen molar-refractivity contribution in [3.8, 4) is 5.69 Å². The van der Waals surface area contributed by atoms with Crippen LogP contribution in [-0.2, 0) is 6.54 Å². The molecule has 0 aliphatic rings. The van der Waals surface area contributed by atoms with E-state index in [0.717, 1.165) is 12.2 Å². The van der Waals surface area contributed by atoms with Crippen molar-refractivity contribution in [3.63, 3.8) is 0 Å². The summed E-state index contributed by atoms with van der Waals surface area (Å²) in [4.78, 5) is 0. The molecule has 2 rings (SSSR count). The van der Waals surface area contributed by atoms with Crippen molar-refractivity contribution in [2.45, 2.75) is 32.7 Å². The molecule has 0 bridgehead atoms. The Hall–Kier alpha value is -1.64.